The Morgan fingerprint density at radius 2 is 1.76 bits per heavy atom. The van der Waals surface area contributed by atoms with Crippen molar-refractivity contribution in [1.82, 2.24) is 5.32 Å². The van der Waals surface area contributed by atoms with Gasteiger partial charge >= 0.3 is 0 Å². The van der Waals surface area contributed by atoms with E-state index in [-0.39, 0.29) is 0 Å². The Kier molecular flexibility index (Phi) is 3.46. The summed E-state index contributed by atoms with van der Waals surface area (Å²) < 4.78 is 0. The summed E-state index contributed by atoms with van der Waals surface area (Å²) in [5.41, 5.74) is 1.54. The van der Waals surface area contributed by atoms with Crippen molar-refractivity contribution in [2.24, 2.45) is 5.92 Å². The molecule has 1 aromatic rings. The van der Waals surface area contributed by atoms with Crippen LogP contribution in [0.5, 0.6) is 0 Å². The molecule has 0 heterocycles. The summed E-state index contributed by atoms with van der Waals surface area (Å²) in [6.07, 6.45) is 8.53. The molecule has 2 aliphatic carbocycles. The van der Waals surface area contributed by atoms with Gasteiger partial charge < -0.3 is 5.32 Å². The molecule has 0 aromatic heterocycles. The van der Waals surface area contributed by atoms with Crippen LogP contribution in [0.4, 0.5) is 0 Å². The molecule has 1 N–H and O–H groups in total. The topological polar surface area (TPSA) is 12.0 Å². The fraction of sp³-hybridized carbons (Fsp3) is 0.625. The van der Waals surface area contributed by atoms with Crippen LogP contribution in [0.15, 0.2) is 30.3 Å². The number of hydrogen-bond acceptors (Lipinski definition) is 1. The minimum atomic E-state index is 0.820. The van der Waals surface area contributed by atoms with Crippen molar-refractivity contribution in [2.75, 3.05) is 6.54 Å². The van der Waals surface area contributed by atoms with Crippen LogP contribution in [0.3, 0.4) is 0 Å². The van der Waals surface area contributed by atoms with Crippen LogP contribution >= 0.6 is 0 Å². The first-order chi connectivity index (χ1) is 8.43. The van der Waals surface area contributed by atoms with Gasteiger partial charge in [-0.1, -0.05) is 49.6 Å². The summed E-state index contributed by atoms with van der Waals surface area (Å²) in [7, 11) is 0. The molecule has 17 heavy (non-hydrogen) atoms. The third kappa shape index (κ3) is 2.90. The zero-order chi connectivity index (χ0) is 11.5. The van der Waals surface area contributed by atoms with Crippen LogP contribution in [0.2, 0.25) is 0 Å². The summed E-state index contributed by atoms with van der Waals surface area (Å²) in [5, 5.41) is 3.78. The SMILES string of the molecule is c1ccc([C@H]2C[C@H]2CNC2CCCCC2)cc1. The highest BCUT2D eigenvalue weighted by Gasteiger charge is 2.37. The van der Waals surface area contributed by atoms with E-state index < -0.39 is 0 Å². The first kappa shape index (κ1) is 11.3. The Hall–Kier alpha value is -0.820. The summed E-state index contributed by atoms with van der Waals surface area (Å²) in [6, 6.07) is 11.8. The molecule has 0 amide bonds. The van der Waals surface area contributed by atoms with Gasteiger partial charge in [-0.05, 0) is 43.2 Å². The standard InChI is InChI=1S/C16H23N/c1-3-7-13(8-4-1)16-11-14(16)12-17-15-9-5-2-6-10-15/h1,3-4,7-8,14-17H,2,5-6,9-12H2/t14-,16+/m0/s1. The van der Waals surface area contributed by atoms with Gasteiger partial charge in [-0.25, -0.2) is 0 Å². The van der Waals surface area contributed by atoms with Crippen molar-refractivity contribution < 1.29 is 0 Å². The second-order valence-corrected chi connectivity index (χ2v) is 5.76. The minimum absolute atomic E-state index is 0.820. The molecule has 1 nitrogen and oxygen atoms in total. The number of hydrogen-bond donors (Lipinski definition) is 1. The summed E-state index contributed by atoms with van der Waals surface area (Å²) >= 11 is 0. The first-order valence-electron chi connectivity index (χ1n) is 7.22. The van der Waals surface area contributed by atoms with Crippen molar-refractivity contribution in [3.05, 3.63) is 35.9 Å². The van der Waals surface area contributed by atoms with Crippen molar-refractivity contribution in [3.63, 3.8) is 0 Å². The first-order valence-corrected chi connectivity index (χ1v) is 7.22. The van der Waals surface area contributed by atoms with Gasteiger partial charge in [0, 0.05) is 6.04 Å². The lowest BCUT2D eigenvalue weighted by atomic mass is 9.95. The van der Waals surface area contributed by atoms with E-state index in [9.17, 15) is 0 Å². The van der Waals surface area contributed by atoms with E-state index in [1.807, 2.05) is 0 Å². The largest absolute Gasteiger partial charge is 0.314 e. The van der Waals surface area contributed by atoms with Crippen LogP contribution in [-0.2, 0) is 0 Å². The van der Waals surface area contributed by atoms with Gasteiger partial charge in [-0.2, -0.15) is 0 Å². The average Bonchev–Trinajstić information content (AvgIpc) is 3.18. The maximum atomic E-state index is 3.78. The molecule has 3 rings (SSSR count). The van der Waals surface area contributed by atoms with Gasteiger partial charge in [0.05, 0.1) is 0 Å². The Bertz CT molecular complexity index is 340. The van der Waals surface area contributed by atoms with Crippen molar-refractivity contribution in [1.29, 1.82) is 0 Å². The zero-order valence-corrected chi connectivity index (χ0v) is 10.6. The van der Waals surface area contributed by atoms with E-state index in [1.54, 1.807) is 5.56 Å². The summed E-state index contributed by atoms with van der Waals surface area (Å²) in [5.74, 6) is 1.74. The number of benzene rings is 1. The molecule has 0 unspecified atom stereocenters. The van der Waals surface area contributed by atoms with Crippen LogP contribution in [0.1, 0.15) is 50.0 Å². The maximum absolute atomic E-state index is 3.78. The highest BCUT2D eigenvalue weighted by molar-refractivity contribution is 5.25. The van der Waals surface area contributed by atoms with Gasteiger partial charge in [0.1, 0.15) is 0 Å². The zero-order valence-electron chi connectivity index (χ0n) is 10.6. The van der Waals surface area contributed by atoms with Crippen LogP contribution in [0, 0.1) is 5.92 Å². The predicted molar refractivity (Wildman–Crippen MR) is 72.2 cm³/mol. The third-order valence-corrected chi connectivity index (χ3v) is 4.42. The smallest absolute Gasteiger partial charge is 0.00671 e. The quantitative estimate of drug-likeness (QED) is 0.830. The lowest BCUT2D eigenvalue weighted by Gasteiger charge is -2.22. The lowest BCUT2D eigenvalue weighted by Crippen LogP contribution is -2.32. The summed E-state index contributed by atoms with van der Waals surface area (Å²) in [4.78, 5) is 0. The molecule has 0 spiro atoms. The molecule has 1 aromatic carbocycles. The van der Waals surface area contributed by atoms with Gasteiger partial charge in [-0.3, -0.25) is 0 Å². The Balaban J connectivity index is 1.43. The molecule has 0 aliphatic heterocycles. The summed E-state index contributed by atoms with van der Waals surface area (Å²) in [6.45, 7) is 1.24. The van der Waals surface area contributed by atoms with E-state index in [0.717, 1.165) is 17.9 Å². The highest BCUT2D eigenvalue weighted by atomic mass is 14.9. The lowest BCUT2D eigenvalue weighted by molar-refractivity contribution is 0.368. The second-order valence-electron chi connectivity index (χ2n) is 5.76. The van der Waals surface area contributed by atoms with E-state index in [4.69, 9.17) is 0 Å². The molecule has 92 valence electrons. The van der Waals surface area contributed by atoms with Gasteiger partial charge in [0.25, 0.3) is 0 Å². The van der Waals surface area contributed by atoms with E-state index in [0.29, 0.717) is 0 Å². The van der Waals surface area contributed by atoms with E-state index in [2.05, 4.69) is 35.6 Å². The van der Waals surface area contributed by atoms with Crippen molar-refractivity contribution in [2.45, 2.75) is 50.5 Å². The van der Waals surface area contributed by atoms with E-state index in [1.165, 1.54) is 45.1 Å². The average molecular weight is 229 g/mol. The molecule has 0 saturated heterocycles. The number of nitrogens with one attached hydrogen (secondary N) is 1. The number of rotatable bonds is 4. The Labute approximate surface area is 105 Å². The van der Waals surface area contributed by atoms with Crippen LogP contribution in [0.25, 0.3) is 0 Å². The molecular weight excluding hydrogens is 206 g/mol. The molecule has 2 fully saturated rings. The Morgan fingerprint density at radius 3 is 2.53 bits per heavy atom. The molecule has 2 aliphatic rings. The molecular formula is C16H23N. The molecule has 2 atom stereocenters. The van der Waals surface area contributed by atoms with Crippen LogP contribution < -0.4 is 5.32 Å². The van der Waals surface area contributed by atoms with Gasteiger partial charge in [-0.15, -0.1) is 0 Å². The minimum Gasteiger partial charge on any atom is -0.314 e. The second kappa shape index (κ2) is 5.22. The maximum Gasteiger partial charge on any atom is 0.00671 e. The van der Waals surface area contributed by atoms with Gasteiger partial charge in [0.15, 0.2) is 0 Å². The molecule has 1 heteroatoms. The molecule has 2 saturated carbocycles. The van der Waals surface area contributed by atoms with Crippen molar-refractivity contribution in [3.8, 4) is 0 Å². The van der Waals surface area contributed by atoms with Crippen LogP contribution in [-0.4, -0.2) is 12.6 Å². The van der Waals surface area contributed by atoms with Crippen molar-refractivity contribution >= 4 is 0 Å². The van der Waals surface area contributed by atoms with E-state index >= 15 is 0 Å². The normalized spacial score (nSPS) is 29.2. The Morgan fingerprint density at radius 1 is 1.00 bits per heavy atom. The monoisotopic (exact) mass is 229 g/mol. The molecule has 0 radical (unpaired) electrons. The molecule has 0 bridgehead atoms. The fourth-order valence-electron chi connectivity index (χ4n) is 3.21. The third-order valence-electron chi connectivity index (χ3n) is 4.42. The predicted octanol–water partition coefficient (Wildman–Crippen LogP) is 3.71. The highest BCUT2D eigenvalue weighted by Crippen LogP contribution is 2.46. The fourth-order valence-corrected chi connectivity index (χ4v) is 3.21. The van der Waals surface area contributed by atoms with Gasteiger partial charge in [0.2, 0.25) is 0 Å².